The van der Waals surface area contributed by atoms with Crippen LogP contribution in [0.3, 0.4) is 0 Å². The Bertz CT molecular complexity index is 691. The lowest BCUT2D eigenvalue weighted by Gasteiger charge is -2.24. The lowest BCUT2D eigenvalue weighted by atomic mass is 10.0. The first-order valence-electron chi connectivity index (χ1n) is 7.65. The maximum atomic E-state index is 12.5. The summed E-state index contributed by atoms with van der Waals surface area (Å²) in [5, 5.41) is 8.68. The fourth-order valence-corrected chi connectivity index (χ4v) is 3.82. The molecule has 3 rings (SSSR count). The monoisotopic (exact) mass is 333 g/mol. The molecule has 2 aliphatic rings. The molecule has 23 heavy (non-hydrogen) atoms. The molecule has 2 fully saturated rings. The summed E-state index contributed by atoms with van der Waals surface area (Å²) >= 11 is 1.44. The van der Waals surface area contributed by atoms with Crippen LogP contribution in [0.4, 0.5) is 5.00 Å². The van der Waals surface area contributed by atoms with Crippen LogP contribution in [0, 0.1) is 0 Å². The fraction of sp³-hybridized carbons (Fsp3) is 0.438. The van der Waals surface area contributed by atoms with Crippen molar-refractivity contribution in [1.82, 2.24) is 10.6 Å². The molecule has 0 radical (unpaired) electrons. The zero-order chi connectivity index (χ0) is 16.6. The Morgan fingerprint density at radius 1 is 1.35 bits per heavy atom. The van der Waals surface area contributed by atoms with Gasteiger partial charge in [-0.25, -0.2) is 0 Å². The molecule has 3 amide bonds. The van der Waals surface area contributed by atoms with Crippen LogP contribution < -0.4 is 16.0 Å². The number of anilines is 1. The summed E-state index contributed by atoms with van der Waals surface area (Å²) in [5.74, 6) is -0.289. The Balaban J connectivity index is 1.76. The minimum absolute atomic E-state index is 0.213. The molecule has 1 aromatic rings. The molecule has 1 unspecified atom stereocenters. The summed E-state index contributed by atoms with van der Waals surface area (Å²) in [7, 11) is 0. The first-order valence-corrected chi connectivity index (χ1v) is 8.46. The van der Waals surface area contributed by atoms with Gasteiger partial charge in [0.25, 0.3) is 5.91 Å². The molecule has 122 valence electrons. The maximum Gasteiger partial charge on any atom is 0.254 e. The highest BCUT2D eigenvalue weighted by atomic mass is 32.1. The third-order valence-corrected chi connectivity index (χ3v) is 5.13. The van der Waals surface area contributed by atoms with Crippen molar-refractivity contribution in [2.45, 2.75) is 44.6 Å². The van der Waals surface area contributed by atoms with Gasteiger partial charge in [-0.3, -0.25) is 14.4 Å². The number of rotatable bonds is 4. The number of carbonyl (C=O) groups excluding carboxylic acids is 3. The molecule has 1 aromatic heterocycles. The molecular weight excluding hydrogens is 314 g/mol. The minimum Gasteiger partial charge on any atom is -0.340 e. The Morgan fingerprint density at radius 2 is 2.09 bits per heavy atom. The number of hydrogen-bond acceptors (Lipinski definition) is 4. The van der Waals surface area contributed by atoms with Crippen LogP contribution in [-0.2, 0) is 9.59 Å². The van der Waals surface area contributed by atoms with E-state index < -0.39 is 6.04 Å². The number of nitrogens with one attached hydrogen (secondary N) is 3. The number of allylic oxidation sites excluding steroid dienone is 1. The summed E-state index contributed by atoms with van der Waals surface area (Å²) < 4.78 is 0. The van der Waals surface area contributed by atoms with Gasteiger partial charge >= 0.3 is 0 Å². The number of carbonyl (C=O) groups is 3. The van der Waals surface area contributed by atoms with Gasteiger partial charge in [-0.15, -0.1) is 11.3 Å². The van der Waals surface area contributed by atoms with E-state index >= 15 is 0 Å². The predicted octanol–water partition coefficient (Wildman–Crippen LogP) is 2.11. The molecule has 1 saturated heterocycles. The molecule has 0 bridgehead atoms. The zero-order valence-electron chi connectivity index (χ0n) is 12.9. The van der Waals surface area contributed by atoms with E-state index in [0.717, 1.165) is 17.7 Å². The van der Waals surface area contributed by atoms with Crippen molar-refractivity contribution in [2.24, 2.45) is 0 Å². The lowest BCUT2D eigenvalue weighted by molar-refractivity contribution is -0.123. The number of piperidine rings is 1. The summed E-state index contributed by atoms with van der Waals surface area (Å²) in [5.41, 5.74) is 1.11. The lowest BCUT2D eigenvalue weighted by Crippen LogP contribution is -2.49. The second-order valence-electron chi connectivity index (χ2n) is 6.00. The fourth-order valence-electron chi connectivity index (χ4n) is 2.55. The number of hydrogen-bond donors (Lipinski definition) is 3. The predicted molar refractivity (Wildman–Crippen MR) is 88.4 cm³/mol. The third kappa shape index (κ3) is 3.61. The Morgan fingerprint density at radius 3 is 2.70 bits per heavy atom. The van der Waals surface area contributed by atoms with E-state index in [1.54, 1.807) is 0 Å². The van der Waals surface area contributed by atoms with Crippen molar-refractivity contribution in [3.63, 3.8) is 0 Å². The average molecular weight is 333 g/mol. The summed E-state index contributed by atoms with van der Waals surface area (Å²) in [6, 6.07) is 1.27. The molecule has 3 N–H and O–H groups in total. The molecule has 1 atom stereocenters. The summed E-state index contributed by atoms with van der Waals surface area (Å²) in [4.78, 5) is 36.9. The normalized spacial score (nSPS) is 20.8. The van der Waals surface area contributed by atoms with Gasteiger partial charge in [-0.2, -0.15) is 0 Å². The molecule has 6 nitrogen and oxygen atoms in total. The van der Waals surface area contributed by atoms with Crippen LogP contribution in [0.5, 0.6) is 0 Å². The van der Waals surface area contributed by atoms with Gasteiger partial charge in [0.15, 0.2) is 0 Å². The summed E-state index contributed by atoms with van der Waals surface area (Å²) in [6.45, 7) is 5.14. The Labute approximate surface area is 138 Å². The Hall–Kier alpha value is -2.15. The van der Waals surface area contributed by atoms with Crippen molar-refractivity contribution < 1.29 is 14.4 Å². The third-order valence-electron chi connectivity index (χ3n) is 3.92. The summed E-state index contributed by atoms with van der Waals surface area (Å²) in [6.07, 6.45) is 3.42. The average Bonchev–Trinajstić information content (AvgIpc) is 3.23. The highest BCUT2D eigenvalue weighted by Crippen LogP contribution is 2.45. The van der Waals surface area contributed by atoms with E-state index in [1.807, 2.05) is 6.07 Å². The SMILES string of the molecule is C=C1CCC(NC(=O)c2cc(C3CC3)sc2NC(C)=O)C(=O)N1. The molecule has 7 heteroatoms. The molecular formula is C16H19N3O3S. The van der Waals surface area contributed by atoms with Crippen LogP contribution in [0.25, 0.3) is 0 Å². The molecule has 2 heterocycles. The molecule has 0 spiro atoms. The quantitative estimate of drug-likeness (QED) is 0.788. The minimum atomic E-state index is -0.567. The van der Waals surface area contributed by atoms with Crippen LogP contribution in [0.2, 0.25) is 0 Å². The van der Waals surface area contributed by atoms with Crippen LogP contribution in [-0.4, -0.2) is 23.8 Å². The standard InChI is InChI=1S/C16H19N3O3S/c1-8-3-6-12(15(22)17-8)19-14(21)11-7-13(10-4-5-10)23-16(11)18-9(2)20/h7,10,12H,1,3-6H2,2H3,(H,17,22)(H,18,20)(H,19,21). The second-order valence-corrected chi connectivity index (χ2v) is 7.09. The van der Waals surface area contributed by atoms with Gasteiger partial charge in [-0.05, 0) is 37.7 Å². The van der Waals surface area contributed by atoms with E-state index in [-0.39, 0.29) is 17.7 Å². The van der Waals surface area contributed by atoms with Gasteiger partial charge < -0.3 is 16.0 Å². The molecule has 1 aliphatic carbocycles. The van der Waals surface area contributed by atoms with Gasteiger partial charge in [0.2, 0.25) is 11.8 Å². The highest BCUT2D eigenvalue weighted by molar-refractivity contribution is 7.16. The molecule has 1 aliphatic heterocycles. The van der Waals surface area contributed by atoms with E-state index in [2.05, 4.69) is 22.5 Å². The van der Waals surface area contributed by atoms with E-state index in [4.69, 9.17) is 0 Å². The van der Waals surface area contributed by atoms with Crippen LogP contribution in [0.15, 0.2) is 18.3 Å². The largest absolute Gasteiger partial charge is 0.340 e. The van der Waals surface area contributed by atoms with Gasteiger partial charge in [-0.1, -0.05) is 6.58 Å². The Kier molecular flexibility index (Phi) is 4.21. The number of thiophene rings is 1. The highest BCUT2D eigenvalue weighted by Gasteiger charge is 2.30. The topological polar surface area (TPSA) is 87.3 Å². The van der Waals surface area contributed by atoms with Gasteiger partial charge in [0.05, 0.1) is 5.56 Å². The zero-order valence-corrected chi connectivity index (χ0v) is 13.7. The van der Waals surface area contributed by atoms with Crippen molar-refractivity contribution >= 4 is 34.1 Å². The van der Waals surface area contributed by atoms with E-state index in [0.29, 0.717) is 35.0 Å². The maximum absolute atomic E-state index is 12.5. The molecule has 1 saturated carbocycles. The van der Waals surface area contributed by atoms with Crippen molar-refractivity contribution in [1.29, 1.82) is 0 Å². The number of amides is 3. The first-order chi connectivity index (χ1) is 10.9. The molecule has 0 aromatic carbocycles. The van der Waals surface area contributed by atoms with Crippen molar-refractivity contribution in [2.75, 3.05) is 5.32 Å². The van der Waals surface area contributed by atoms with Crippen molar-refractivity contribution in [3.05, 3.63) is 28.8 Å². The van der Waals surface area contributed by atoms with E-state index in [1.165, 1.54) is 18.3 Å². The first kappa shape index (κ1) is 15.7. The smallest absolute Gasteiger partial charge is 0.254 e. The van der Waals surface area contributed by atoms with Gasteiger partial charge in [0.1, 0.15) is 11.0 Å². The van der Waals surface area contributed by atoms with E-state index in [9.17, 15) is 14.4 Å². The van der Waals surface area contributed by atoms with Crippen LogP contribution >= 0.6 is 11.3 Å². The van der Waals surface area contributed by atoms with Crippen molar-refractivity contribution in [3.8, 4) is 0 Å². The van der Waals surface area contributed by atoms with Crippen LogP contribution in [0.1, 0.15) is 53.8 Å². The van der Waals surface area contributed by atoms with Gasteiger partial charge in [0, 0.05) is 17.5 Å². The second kappa shape index (κ2) is 6.16.